The molecule has 0 spiro atoms. The third-order valence-electron chi connectivity index (χ3n) is 2.66. The quantitative estimate of drug-likeness (QED) is 0.771. The monoisotopic (exact) mass is 307 g/mol. The molecule has 0 saturated heterocycles. The Morgan fingerprint density at radius 3 is 2.80 bits per heavy atom. The van der Waals surface area contributed by atoms with E-state index in [1.165, 1.54) is 35.7 Å². The standard InChI is InChI=1S/C12H9N3O3S2/c16-11-4-1-8-7-9(2-3-10(8)14-11)20(17,18)15-12-13-5-6-19-12/h1-7H,(H,13,15)(H,14,16). The zero-order valence-electron chi connectivity index (χ0n) is 10.0. The minimum atomic E-state index is -3.68. The Morgan fingerprint density at radius 2 is 2.05 bits per heavy atom. The first kappa shape index (κ1) is 12.8. The van der Waals surface area contributed by atoms with Crippen molar-refractivity contribution in [3.8, 4) is 0 Å². The van der Waals surface area contributed by atoms with Crippen LogP contribution in [0.1, 0.15) is 0 Å². The van der Waals surface area contributed by atoms with Crippen LogP contribution in [0.2, 0.25) is 0 Å². The zero-order chi connectivity index (χ0) is 14.2. The van der Waals surface area contributed by atoms with E-state index in [4.69, 9.17) is 0 Å². The average molecular weight is 307 g/mol. The number of thiazole rings is 1. The maximum absolute atomic E-state index is 12.2. The van der Waals surface area contributed by atoms with Crippen molar-refractivity contribution in [2.45, 2.75) is 4.90 Å². The number of hydrogen-bond donors (Lipinski definition) is 2. The Balaban J connectivity index is 2.05. The minimum Gasteiger partial charge on any atom is -0.322 e. The molecule has 0 bridgehead atoms. The molecule has 0 atom stereocenters. The molecule has 2 N–H and O–H groups in total. The Kier molecular flexibility index (Phi) is 3.03. The molecule has 2 heterocycles. The van der Waals surface area contributed by atoms with Crippen LogP contribution in [0.3, 0.4) is 0 Å². The summed E-state index contributed by atoms with van der Waals surface area (Å²) in [6, 6.07) is 7.44. The van der Waals surface area contributed by atoms with E-state index in [0.717, 1.165) is 0 Å². The summed E-state index contributed by atoms with van der Waals surface area (Å²) >= 11 is 1.20. The molecule has 0 aliphatic heterocycles. The molecule has 0 fully saturated rings. The largest absolute Gasteiger partial charge is 0.322 e. The normalized spacial score (nSPS) is 11.6. The van der Waals surface area contributed by atoms with E-state index < -0.39 is 10.0 Å². The fourth-order valence-corrected chi connectivity index (χ4v) is 3.57. The van der Waals surface area contributed by atoms with Gasteiger partial charge in [-0.1, -0.05) is 0 Å². The van der Waals surface area contributed by atoms with Crippen molar-refractivity contribution in [2.24, 2.45) is 0 Å². The lowest BCUT2D eigenvalue weighted by atomic mass is 10.2. The molecule has 102 valence electrons. The first-order valence-electron chi connectivity index (χ1n) is 5.60. The number of H-pyrrole nitrogens is 1. The van der Waals surface area contributed by atoms with E-state index in [0.29, 0.717) is 16.0 Å². The van der Waals surface area contributed by atoms with E-state index in [1.54, 1.807) is 17.5 Å². The Morgan fingerprint density at radius 1 is 1.20 bits per heavy atom. The summed E-state index contributed by atoms with van der Waals surface area (Å²) < 4.78 is 26.8. The summed E-state index contributed by atoms with van der Waals surface area (Å²) in [4.78, 5) is 17.8. The number of fused-ring (bicyclic) bond motifs is 1. The second kappa shape index (κ2) is 4.73. The van der Waals surface area contributed by atoms with Gasteiger partial charge >= 0.3 is 0 Å². The summed E-state index contributed by atoms with van der Waals surface area (Å²) in [6.07, 6.45) is 1.52. The second-order valence-electron chi connectivity index (χ2n) is 4.01. The molecule has 0 aliphatic carbocycles. The van der Waals surface area contributed by atoms with Gasteiger partial charge in [-0.25, -0.2) is 13.4 Å². The average Bonchev–Trinajstić information content (AvgIpc) is 2.90. The van der Waals surface area contributed by atoms with Crippen molar-refractivity contribution < 1.29 is 8.42 Å². The van der Waals surface area contributed by atoms with Crippen LogP contribution in [0.5, 0.6) is 0 Å². The van der Waals surface area contributed by atoms with Crippen LogP contribution in [0, 0.1) is 0 Å². The van der Waals surface area contributed by atoms with Crippen LogP contribution in [0.15, 0.2) is 51.6 Å². The highest BCUT2D eigenvalue weighted by atomic mass is 32.2. The zero-order valence-corrected chi connectivity index (χ0v) is 11.7. The summed E-state index contributed by atoms with van der Waals surface area (Å²) in [5, 5.41) is 2.64. The highest BCUT2D eigenvalue weighted by Gasteiger charge is 2.15. The van der Waals surface area contributed by atoms with Gasteiger partial charge in [0.2, 0.25) is 5.56 Å². The summed E-state index contributed by atoms with van der Waals surface area (Å²) in [6.45, 7) is 0. The number of aromatic amines is 1. The molecule has 0 amide bonds. The lowest BCUT2D eigenvalue weighted by Crippen LogP contribution is -2.13. The van der Waals surface area contributed by atoms with Gasteiger partial charge in [0.05, 0.1) is 4.90 Å². The minimum absolute atomic E-state index is 0.118. The molecule has 8 heteroatoms. The van der Waals surface area contributed by atoms with Crippen molar-refractivity contribution in [3.05, 3.63) is 52.3 Å². The lowest BCUT2D eigenvalue weighted by molar-refractivity contribution is 0.601. The predicted molar refractivity (Wildman–Crippen MR) is 77.5 cm³/mol. The number of anilines is 1. The summed E-state index contributed by atoms with van der Waals surface area (Å²) in [5.41, 5.74) is 0.361. The van der Waals surface area contributed by atoms with Gasteiger partial charge in [-0.3, -0.25) is 9.52 Å². The molecule has 3 aromatic rings. The first-order valence-corrected chi connectivity index (χ1v) is 7.96. The Labute approximate surface area is 118 Å². The van der Waals surface area contributed by atoms with E-state index in [-0.39, 0.29) is 10.5 Å². The highest BCUT2D eigenvalue weighted by molar-refractivity contribution is 7.93. The second-order valence-corrected chi connectivity index (χ2v) is 6.59. The fraction of sp³-hybridized carbons (Fsp3) is 0. The van der Waals surface area contributed by atoms with Gasteiger partial charge in [0.15, 0.2) is 5.13 Å². The van der Waals surface area contributed by atoms with Gasteiger partial charge in [0.25, 0.3) is 10.0 Å². The molecular weight excluding hydrogens is 298 g/mol. The molecule has 0 saturated carbocycles. The Bertz CT molecular complexity index is 915. The van der Waals surface area contributed by atoms with E-state index in [9.17, 15) is 13.2 Å². The maximum atomic E-state index is 12.2. The lowest BCUT2D eigenvalue weighted by Gasteiger charge is -2.06. The molecule has 3 rings (SSSR count). The molecule has 6 nitrogen and oxygen atoms in total. The number of pyridine rings is 1. The Hall–Kier alpha value is -2.19. The molecule has 1 aromatic carbocycles. The van der Waals surface area contributed by atoms with Gasteiger partial charge in [-0.05, 0) is 29.7 Å². The first-order chi connectivity index (χ1) is 9.54. The van der Waals surface area contributed by atoms with E-state index in [2.05, 4.69) is 14.7 Å². The predicted octanol–water partition coefficient (Wildman–Crippen LogP) is 1.79. The van der Waals surface area contributed by atoms with Crippen molar-refractivity contribution >= 4 is 37.4 Å². The third kappa shape index (κ3) is 2.43. The molecule has 2 aromatic heterocycles. The van der Waals surface area contributed by atoms with Crippen LogP contribution in [-0.4, -0.2) is 18.4 Å². The number of aromatic nitrogens is 2. The van der Waals surface area contributed by atoms with Crippen LogP contribution < -0.4 is 10.3 Å². The van der Waals surface area contributed by atoms with Crippen LogP contribution >= 0.6 is 11.3 Å². The SMILES string of the molecule is O=c1ccc2cc(S(=O)(=O)Nc3nccs3)ccc2[nH]1. The summed E-state index contributed by atoms with van der Waals surface area (Å²) in [5.74, 6) is 0. The number of sulfonamides is 1. The van der Waals surface area contributed by atoms with Crippen molar-refractivity contribution in [3.63, 3.8) is 0 Å². The van der Waals surface area contributed by atoms with Gasteiger partial charge < -0.3 is 4.98 Å². The third-order valence-corrected chi connectivity index (χ3v) is 4.81. The molecule has 0 unspecified atom stereocenters. The van der Waals surface area contributed by atoms with Crippen molar-refractivity contribution in [1.29, 1.82) is 0 Å². The van der Waals surface area contributed by atoms with Crippen LogP contribution in [-0.2, 0) is 10.0 Å². The molecule has 20 heavy (non-hydrogen) atoms. The van der Waals surface area contributed by atoms with E-state index >= 15 is 0 Å². The van der Waals surface area contributed by atoms with Gasteiger partial charge in [-0.2, -0.15) is 0 Å². The number of hydrogen-bond acceptors (Lipinski definition) is 5. The van der Waals surface area contributed by atoms with Crippen molar-refractivity contribution in [2.75, 3.05) is 4.72 Å². The molecule has 0 aliphatic rings. The van der Waals surface area contributed by atoms with Crippen LogP contribution in [0.4, 0.5) is 5.13 Å². The van der Waals surface area contributed by atoms with Crippen molar-refractivity contribution in [1.82, 2.24) is 9.97 Å². The summed E-state index contributed by atoms with van der Waals surface area (Å²) in [7, 11) is -3.68. The van der Waals surface area contributed by atoms with Gasteiger partial charge in [0.1, 0.15) is 0 Å². The number of rotatable bonds is 3. The van der Waals surface area contributed by atoms with Crippen LogP contribution in [0.25, 0.3) is 10.9 Å². The number of nitrogens with zero attached hydrogens (tertiary/aromatic N) is 1. The highest BCUT2D eigenvalue weighted by Crippen LogP contribution is 2.20. The number of benzene rings is 1. The fourth-order valence-electron chi connectivity index (χ4n) is 1.75. The number of nitrogens with one attached hydrogen (secondary N) is 2. The maximum Gasteiger partial charge on any atom is 0.263 e. The van der Waals surface area contributed by atoms with Gasteiger partial charge in [0, 0.05) is 23.2 Å². The topological polar surface area (TPSA) is 91.9 Å². The smallest absolute Gasteiger partial charge is 0.263 e. The molecular formula is C12H9N3O3S2. The van der Waals surface area contributed by atoms with E-state index in [1.807, 2.05) is 0 Å². The molecule has 0 radical (unpaired) electrons. The van der Waals surface area contributed by atoms with Gasteiger partial charge in [-0.15, -0.1) is 11.3 Å².